The summed E-state index contributed by atoms with van der Waals surface area (Å²) in [7, 11) is 0. The van der Waals surface area contributed by atoms with Gasteiger partial charge in [0.05, 0.1) is 25.9 Å². The molecule has 0 aliphatic carbocycles. The first-order valence-electron chi connectivity index (χ1n) is 7.88. The van der Waals surface area contributed by atoms with Crippen LogP contribution in [-0.4, -0.2) is 40.2 Å². The van der Waals surface area contributed by atoms with Gasteiger partial charge in [-0.3, -0.25) is 19.3 Å². The van der Waals surface area contributed by atoms with Gasteiger partial charge in [-0.15, -0.1) is 0 Å². The number of amides is 3. The van der Waals surface area contributed by atoms with Gasteiger partial charge < -0.3 is 10.4 Å². The van der Waals surface area contributed by atoms with Crippen molar-refractivity contribution in [1.29, 1.82) is 0 Å². The molecule has 1 aliphatic rings. The Morgan fingerprint density at radius 1 is 1.00 bits per heavy atom. The van der Waals surface area contributed by atoms with Crippen molar-refractivity contribution in [2.75, 3.05) is 11.9 Å². The van der Waals surface area contributed by atoms with Gasteiger partial charge in [0.2, 0.25) is 5.91 Å². The molecule has 2 N–H and O–H groups in total. The smallest absolute Gasteiger partial charge is 0.337 e. The second kappa shape index (κ2) is 8.61. The van der Waals surface area contributed by atoms with Crippen LogP contribution in [0.3, 0.4) is 0 Å². The van der Waals surface area contributed by atoms with Crippen LogP contribution >= 0.6 is 67.8 Å². The van der Waals surface area contributed by atoms with E-state index in [1.807, 2.05) is 67.8 Å². The summed E-state index contributed by atoms with van der Waals surface area (Å²) >= 11 is 5.85. The lowest BCUT2D eigenvalue weighted by atomic mass is 10.1. The Balaban J connectivity index is 1.73. The highest BCUT2D eigenvalue weighted by atomic mass is 127. The number of fused-ring (bicyclic) bond motifs is 1. The molecule has 2 aromatic carbocycles. The molecule has 28 heavy (non-hydrogen) atoms. The minimum atomic E-state index is -1.08. The van der Waals surface area contributed by atoms with Crippen molar-refractivity contribution in [2.24, 2.45) is 0 Å². The zero-order valence-electron chi connectivity index (χ0n) is 14.0. The fraction of sp³-hybridized carbons (Fsp3) is 0.111. The molecule has 1 aliphatic heterocycles. The maximum atomic E-state index is 12.4. The molecule has 7 nitrogen and oxygen atoms in total. The molecule has 0 spiro atoms. The molecule has 144 valence electrons. The summed E-state index contributed by atoms with van der Waals surface area (Å²) in [6, 6.07) is 8.20. The Labute approximate surface area is 200 Å². The van der Waals surface area contributed by atoms with Gasteiger partial charge in [-0.05, 0) is 86.0 Å². The van der Waals surface area contributed by atoms with Gasteiger partial charge >= 0.3 is 5.97 Å². The number of anilines is 1. The first-order chi connectivity index (χ1) is 13.2. The Bertz CT molecular complexity index is 1000. The van der Waals surface area contributed by atoms with Gasteiger partial charge in [0, 0.05) is 20.1 Å². The van der Waals surface area contributed by atoms with Crippen LogP contribution in [0.15, 0.2) is 30.3 Å². The fourth-order valence-corrected chi connectivity index (χ4v) is 6.86. The second-order valence-corrected chi connectivity index (χ2v) is 9.22. The molecular formula is C18H11I3N2O5. The lowest BCUT2D eigenvalue weighted by Gasteiger charge is -2.16. The molecule has 0 unspecified atom stereocenters. The summed E-state index contributed by atoms with van der Waals surface area (Å²) in [6.45, 7) is -0.0541. The number of carboxylic acids is 1. The maximum Gasteiger partial charge on any atom is 0.337 e. The van der Waals surface area contributed by atoms with E-state index in [9.17, 15) is 24.3 Å². The molecule has 0 aromatic heterocycles. The number of carbonyl (C=O) groups is 4. The van der Waals surface area contributed by atoms with Crippen molar-refractivity contribution in [3.05, 3.63) is 57.7 Å². The summed E-state index contributed by atoms with van der Waals surface area (Å²) in [5.74, 6) is -2.32. The summed E-state index contributed by atoms with van der Waals surface area (Å²) in [5, 5.41) is 12.1. The van der Waals surface area contributed by atoms with E-state index in [1.165, 1.54) is 0 Å². The van der Waals surface area contributed by atoms with Gasteiger partial charge in [-0.25, -0.2) is 4.79 Å². The number of carboxylic acid groups (broad SMARTS) is 1. The second-order valence-electron chi connectivity index (χ2n) is 5.82. The predicted octanol–water partition coefficient (Wildman–Crippen LogP) is 3.82. The van der Waals surface area contributed by atoms with Crippen LogP contribution in [0.25, 0.3) is 0 Å². The lowest BCUT2D eigenvalue weighted by molar-refractivity contribution is -0.116. The van der Waals surface area contributed by atoms with Gasteiger partial charge in [0.15, 0.2) is 0 Å². The normalized spacial score (nSPS) is 12.9. The summed E-state index contributed by atoms with van der Waals surface area (Å²) in [4.78, 5) is 49.6. The third-order valence-electron chi connectivity index (χ3n) is 4.09. The molecule has 2 aromatic rings. The molecule has 0 saturated carbocycles. The van der Waals surface area contributed by atoms with Crippen LogP contribution in [0, 0.1) is 10.7 Å². The van der Waals surface area contributed by atoms with Gasteiger partial charge in [0.25, 0.3) is 11.8 Å². The maximum absolute atomic E-state index is 12.4. The van der Waals surface area contributed by atoms with Gasteiger partial charge in [-0.2, -0.15) is 0 Å². The van der Waals surface area contributed by atoms with E-state index >= 15 is 0 Å². The predicted molar refractivity (Wildman–Crippen MR) is 127 cm³/mol. The van der Waals surface area contributed by atoms with E-state index in [0.717, 1.165) is 4.90 Å². The van der Waals surface area contributed by atoms with Crippen LogP contribution in [0.4, 0.5) is 5.69 Å². The average Bonchev–Trinajstić information content (AvgIpc) is 2.87. The number of imide groups is 1. The highest BCUT2D eigenvalue weighted by Gasteiger charge is 2.35. The molecule has 0 radical (unpaired) electrons. The van der Waals surface area contributed by atoms with Gasteiger partial charge in [-0.1, -0.05) is 12.1 Å². The van der Waals surface area contributed by atoms with Crippen LogP contribution in [0.5, 0.6) is 0 Å². The molecule has 0 bridgehead atoms. The molecule has 3 amide bonds. The molecular weight excluding hydrogens is 705 g/mol. The summed E-state index contributed by atoms with van der Waals surface area (Å²) in [6.07, 6.45) is -0.0913. The Morgan fingerprint density at radius 3 is 2.11 bits per heavy atom. The van der Waals surface area contributed by atoms with Crippen LogP contribution < -0.4 is 5.32 Å². The fourth-order valence-electron chi connectivity index (χ4n) is 2.76. The van der Waals surface area contributed by atoms with Crippen molar-refractivity contribution in [1.82, 2.24) is 4.90 Å². The van der Waals surface area contributed by atoms with E-state index in [0.29, 0.717) is 27.5 Å². The van der Waals surface area contributed by atoms with Crippen LogP contribution in [-0.2, 0) is 4.79 Å². The number of nitrogens with one attached hydrogen (secondary N) is 1. The van der Waals surface area contributed by atoms with E-state index in [4.69, 9.17) is 0 Å². The van der Waals surface area contributed by atoms with Crippen molar-refractivity contribution in [2.45, 2.75) is 6.42 Å². The van der Waals surface area contributed by atoms with E-state index in [2.05, 4.69) is 5.32 Å². The highest BCUT2D eigenvalue weighted by molar-refractivity contribution is 14.1. The number of hydrogen-bond acceptors (Lipinski definition) is 4. The zero-order valence-corrected chi connectivity index (χ0v) is 20.4. The minimum absolute atomic E-state index is 0.0541. The highest BCUT2D eigenvalue weighted by Crippen LogP contribution is 2.32. The number of nitrogens with zero attached hydrogens (tertiary/aromatic N) is 1. The quantitative estimate of drug-likeness (QED) is 0.362. The lowest BCUT2D eigenvalue weighted by Crippen LogP contribution is -2.33. The molecule has 1 heterocycles. The Morgan fingerprint density at radius 2 is 1.57 bits per heavy atom. The molecule has 0 fully saturated rings. The Kier molecular flexibility index (Phi) is 6.58. The minimum Gasteiger partial charge on any atom is -0.478 e. The standard InChI is InChI=1S/C18H11I3N2O5/c19-10-7-11(20)15(14(21)13(10)18(27)28)22-12(24)5-6-23-16(25)8-3-1-2-4-9(8)17(23)26/h1-4,7H,5-6H2,(H,22,24)(H,27,28). The zero-order chi connectivity index (χ0) is 20.6. The first kappa shape index (κ1) is 21.4. The van der Waals surface area contributed by atoms with Crippen molar-refractivity contribution >= 4 is 97.2 Å². The van der Waals surface area contributed by atoms with Crippen LogP contribution in [0.1, 0.15) is 37.5 Å². The number of carbonyl (C=O) groups excluding carboxylic acids is 3. The number of hydrogen-bond donors (Lipinski definition) is 2. The van der Waals surface area contributed by atoms with Crippen LogP contribution in [0.2, 0.25) is 0 Å². The third kappa shape index (κ3) is 4.03. The van der Waals surface area contributed by atoms with E-state index in [-0.39, 0.29) is 18.5 Å². The van der Waals surface area contributed by atoms with E-state index in [1.54, 1.807) is 30.3 Å². The number of aromatic carboxylic acids is 1. The largest absolute Gasteiger partial charge is 0.478 e. The molecule has 0 saturated heterocycles. The SMILES string of the molecule is O=C(CCN1C(=O)c2ccccc2C1=O)Nc1c(I)cc(I)c(C(=O)O)c1I. The van der Waals surface area contributed by atoms with Crippen molar-refractivity contribution < 1.29 is 24.3 Å². The Hall–Kier alpha value is -1.29. The van der Waals surface area contributed by atoms with E-state index < -0.39 is 23.7 Å². The first-order valence-corrected chi connectivity index (χ1v) is 11.1. The number of halogens is 3. The number of benzene rings is 2. The topological polar surface area (TPSA) is 104 Å². The molecule has 0 atom stereocenters. The van der Waals surface area contributed by atoms with Gasteiger partial charge in [0.1, 0.15) is 0 Å². The average molecular weight is 716 g/mol. The monoisotopic (exact) mass is 716 g/mol. The third-order valence-corrected chi connectivity index (χ3v) is 6.87. The number of rotatable bonds is 5. The molecule has 10 heteroatoms. The van der Waals surface area contributed by atoms with Crippen molar-refractivity contribution in [3.63, 3.8) is 0 Å². The van der Waals surface area contributed by atoms with Crippen molar-refractivity contribution in [3.8, 4) is 0 Å². The molecule has 3 rings (SSSR count). The summed E-state index contributed by atoms with van der Waals surface area (Å²) < 4.78 is 1.70. The summed E-state index contributed by atoms with van der Waals surface area (Å²) in [5.41, 5.74) is 1.20.